The van der Waals surface area contributed by atoms with E-state index in [0.717, 1.165) is 0 Å². The molecule has 16 heavy (non-hydrogen) atoms. The molecule has 1 saturated heterocycles. The third-order valence-corrected chi connectivity index (χ3v) is 2.80. The van der Waals surface area contributed by atoms with E-state index in [4.69, 9.17) is 4.74 Å². The summed E-state index contributed by atoms with van der Waals surface area (Å²) in [7, 11) is -1.52. The van der Waals surface area contributed by atoms with Gasteiger partial charge in [0.1, 0.15) is 0 Å². The third kappa shape index (κ3) is 3.65. The number of imide groups is 1. The SMILES string of the molecule is C[Si](C)(C)COC(=O)ON1C(=O)CCC1=O. The Hall–Kier alpha value is -1.37. The molecule has 0 saturated carbocycles. The Kier molecular flexibility index (Phi) is 3.69. The first kappa shape index (κ1) is 12.7. The van der Waals surface area contributed by atoms with Crippen LogP contribution < -0.4 is 0 Å². The smallest absolute Gasteiger partial charge is 0.436 e. The van der Waals surface area contributed by atoms with Crippen LogP contribution in [0.1, 0.15) is 12.8 Å². The van der Waals surface area contributed by atoms with E-state index in [2.05, 4.69) is 4.84 Å². The van der Waals surface area contributed by atoms with Crippen LogP contribution in [0.15, 0.2) is 0 Å². The van der Waals surface area contributed by atoms with E-state index in [9.17, 15) is 14.4 Å². The van der Waals surface area contributed by atoms with Crippen LogP contribution >= 0.6 is 0 Å². The number of hydroxylamine groups is 2. The number of amides is 2. The first-order chi connectivity index (χ1) is 7.29. The second-order valence-corrected chi connectivity index (χ2v) is 10.2. The molecule has 1 rings (SSSR count). The zero-order valence-corrected chi connectivity index (χ0v) is 10.6. The van der Waals surface area contributed by atoms with Gasteiger partial charge in [-0.3, -0.25) is 14.4 Å². The molecular weight excluding hydrogens is 230 g/mol. The third-order valence-electron chi connectivity index (χ3n) is 1.79. The van der Waals surface area contributed by atoms with E-state index in [1.54, 1.807) is 0 Å². The van der Waals surface area contributed by atoms with Gasteiger partial charge in [-0.25, -0.2) is 4.79 Å². The number of hydrogen-bond donors (Lipinski definition) is 0. The van der Waals surface area contributed by atoms with Crippen LogP contribution in [0.3, 0.4) is 0 Å². The summed E-state index contributed by atoms with van der Waals surface area (Å²) in [6, 6.07) is 0. The number of ether oxygens (including phenoxy) is 1. The molecule has 0 N–H and O–H groups in total. The zero-order valence-electron chi connectivity index (χ0n) is 9.61. The molecule has 1 aliphatic heterocycles. The van der Waals surface area contributed by atoms with Gasteiger partial charge in [0.15, 0.2) is 0 Å². The maximum atomic E-state index is 11.2. The summed E-state index contributed by atoms with van der Waals surface area (Å²) in [5.74, 6) is -1.01. The minimum atomic E-state index is -1.52. The average molecular weight is 245 g/mol. The number of carbonyl (C=O) groups is 3. The van der Waals surface area contributed by atoms with Crippen molar-refractivity contribution in [2.24, 2.45) is 0 Å². The summed E-state index contributed by atoms with van der Waals surface area (Å²) < 4.78 is 4.82. The standard InChI is InChI=1S/C9H15NO5Si/c1-16(2,3)6-14-9(13)15-10-7(11)4-5-8(10)12/h4-6H2,1-3H3. The van der Waals surface area contributed by atoms with Crippen LogP contribution in [0, 0.1) is 0 Å². The number of hydrogen-bond acceptors (Lipinski definition) is 5. The van der Waals surface area contributed by atoms with Gasteiger partial charge in [-0.1, -0.05) is 24.7 Å². The van der Waals surface area contributed by atoms with Crippen molar-refractivity contribution < 1.29 is 24.0 Å². The summed E-state index contributed by atoms with van der Waals surface area (Å²) in [5, 5.41) is 0.479. The van der Waals surface area contributed by atoms with E-state index >= 15 is 0 Å². The molecule has 1 fully saturated rings. The van der Waals surface area contributed by atoms with Crippen molar-refractivity contribution in [3.05, 3.63) is 0 Å². The highest BCUT2D eigenvalue weighted by Crippen LogP contribution is 2.13. The predicted octanol–water partition coefficient (Wildman–Crippen LogP) is 1.08. The van der Waals surface area contributed by atoms with Gasteiger partial charge in [0.2, 0.25) is 0 Å². The molecule has 2 amide bonds. The molecule has 0 bridgehead atoms. The van der Waals surface area contributed by atoms with Crippen LogP contribution in [0.5, 0.6) is 0 Å². The van der Waals surface area contributed by atoms with Crippen molar-refractivity contribution in [2.75, 3.05) is 6.23 Å². The Labute approximate surface area is 94.5 Å². The Morgan fingerprint density at radius 2 is 1.75 bits per heavy atom. The molecule has 1 heterocycles. The maximum Gasteiger partial charge on any atom is 0.533 e. The molecule has 0 atom stereocenters. The lowest BCUT2D eigenvalue weighted by Crippen LogP contribution is -2.35. The highest BCUT2D eigenvalue weighted by Gasteiger charge is 2.33. The summed E-state index contributed by atoms with van der Waals surface area (Å²) in [5.41, 5.74) is 0. The van der Waals surface area contributed by atoms with Gasteiger partial charge in [0.05, 0.1) is 14.3 Å². The van der Waals surface area contributed by atoms with Crippen LogP contribution in [-0.4, -0.2) is 37.3 Å². The highest BCUT2D eigenvalue weighted by molar-refractivity contribution is 6.76. The van der Waals surface area contributed by atoms with Gasteiger partial charge in [-0.15, -0.1) is 0 Å². The number of carbonyl (C=O) groups excluding carboxylic acids is 3. The lowest BCUT2D eigenvalue weighted by Gasteiger charge is -2.17. The van der Waals surface area contributed by atoms with E-state index < -0.39 is 26.0 Å². The van der Waals surface area contributed by atoms with Gasteiger partial charge in [0.25, 0.3) is 11.8 Å². The predicted molar refractivity (Wildman–Crippen MR) is 56.9 cm³/mol. The van der Waals surface area contributed by atoms with Crippen molar-refractivity contribution in [1.29, 1.82) is 0 Å². The molecule has 0 radical (unpaired) electrons. The van der Waals surface area contributed by atoms with E-state index in [1.807, 2.05) is 19.6 Å². The Morgan fingerprint density at radius 3 is 2.19 bits per heavy atom. The van der Waals surface area contributed by atoms with Crippen LogP contribution in [-0.2, 0) is 19.2 Å². The fraction of sp³-hybridized carbons (Fsp3) is 0.667. The molecule has 90 valence electrons. The largest absolute Gasteiger partial charge is 0.533 e. The topological polar surface area (TPSA) is 72.9 Å². The summed E-state index contributed by atoms with van der Waals surface area (Å²) in [6.45, 7) is 6.06. The fourth-order valence-corrected chi connectivity index (χ4v) is 1.59. The molecule has 0 spiro atoms. The quantitative estimate of drug-likeness (QED) is 0.422. The number of rotatable bonds is 3. The summed E-state index contributed by atoms with van der Waals surface area (Å²) in [6.07, 6.45) is -0.534. The van der Waals surface area contributed by atoms with Crippen LogP contribution in [0.25, 0.3) is 0 Å². The minimum Gasteiger partial charge on any atom is -0.436 e. The lowest BCUT2D eigenvalue weighted by molar-refractivity contribution is -0.176. The van der Waals surface area contributed by atoms with Gasteiger partial charge >= 0.3 is 6.16 Å². The van der Waals surface area contributed by atoms with Crippen molar-refractivity contribution in [3.63, 3.8) is 0 Å². The molecule has 6 nitrogen and oxygen atoms in total. The molecule has 0 aromatic heterocycles. The van der Waals surface area contributed by atoms with Gasteiger partial charge < -0.3 is 4.74 Å². The van der Waals surface area contributed by atoms with Crippen LogP contribution in [0.2, 0.25) is 19.6 Å². The lowest BCUT2D eigenvalue weighted by atomic mass is 10.4. The summed E-state index contributed by atoms with van der Waals surface area (Å²) in [4.78, 5) is 37.9. The van der Waals surface area contributed by atoms with Crippen LogP contribution in [0.4, 0.5) is 4.79 Å². The second kappa shape index (κ2) is 4.65. The normalized spacial score (nSPS) is 16.6. The average Bonchev–Trinajstić information content (AvgIpc) is 2.45. The first-order valence-electron chi connectivity index (χ1n) is 5.00. The van der Waals surface area contributed by atoms with Crippen molar-refractivity contribution >= 4 is 26.0 Å². The van der Waals surface area contributed by atoms with Gasteiger partial charge in [-0.05, 0) is 0 Å². The Balaban J connectivity index is 2.40. The second-order valence-electron chi connectivity index (χ2n) is 4.77. The zero-order chi connectivity index (χ0) is 12.3. The van der Waals surface area contributed by atoms with E-state index in [1.165, 1.54) is 0 Å². The molecule has 0 unspecified atom stereocenters. The minimum absolute atomic E-state index is 0.0835. The maximum absolute atomic E-state index is 11.2. The highest BCUT2D eigenvalue weighted by atomic mass is 28.3. The number of nitrogens with zero attached hydrogens (tertiary/aromatic N) is 1. The molecule has 7 heteroatoms. The van der Waals surface area contributed by atoms with Crippen molar-refractivity contribution in [1.82, 2.24) is 5.06 Å². The molecule has 1 aliphatic rings. The first-order valence-corrected chi connectivity index (χ1v) is 8.71. The fourth-order valence-electron chi connectivity index (χ4n) is 1.03. The molecule has 0 aromatic rings. The van der Waals surface area contributed by atoms with Gasteiger partial charge in [0, 0.05) is 12.8 Å². The molecule has 0 aromatic carbocycles. The molecular formula is C9H15NO5Si. The van der Waals surface area contributed by atoms with Crippen molar-refractivity contribution in [2.45, 2.75) is 32.5 Å². The van der Waals surface area contributed by atoms with Crippen molar-refractivity contribution in [3.8, 4) is 0 Å². The Bertz CT molecular complexity index is 306. The monoisotopic (exact) mass is 245 g/mol. The van der Waals surface area contributed by atoms with Gasteiger partial charge in [-0.2, -0.15) is 0 Å². The van der Waals surface area contributed by atoms with E-state index in [-0.39, 0.29) is 12.8 Å². The Morgan fingerprint density at radius 1 is 1.25 bits per heavy atom. The summed E-state index contributed by atoms with van der Waals surface area (Å²) >= 11 is 0. The molecule has 0 aliphatic carbocycles. The van der Waals surface area contributed by atoms with E-state index in [0.29, 0.717) is 11.3 Å².